The van der Waals surface area contributed by atoms with E-state index in [1.54, 1.807) is 24.1 Å². The first-order valence-corrected chi connectivity index (χ1v) is 5.59. The Morgan fingerprint density at radius 1 is 1.67 bits per heavy atom. The summed E-state index contributed by atoms with van der Waals surface area (Å²) in [6, 6.07) is 3.11. The van der Waals surface area contributed by atoms with Crippen LogP contribution in [0.1, 0.15) is 25.0 Å². The molecule has 2 rings (SSSR count). The van der Waals surface area contributed by atoms with E-state index >= 15 is 0 Å². The first-order valence-electron chi connectivity index (χ1n) is 4.71. The molecule has 0 amide bonds. The van der Waals surface area contributed by atoms with E-state index in [2.05, 4.69) is 5.32 Å². The number of nitrogens with one attached hydrogen (secondary N) is 1. The highest BCUT2D eigenvalue weighted by Gasteiger charge is 2.46. The van der Waals surface area contributed by atoms with Gasteiger partial charge < -0.3 is 9.52 Å². The fourth-order valence-electron chi connectivity index (χ4n) is 1.71. The topological polar surface area (TPSA) is 62.5 Å². The van der Waals surface area contributed by atoms with Crippen LogP contribution in [0.5, 0.6) is 0 Å². The van der Waals surface area contributed by atoms with Gasteiger partial charge in [0.25, 0.3) is 0 Å². The monoisotopic (exact) mass is 227 g/mol. The third-order valence-electron chi connectivity index (χ3n) is 2.48. The van der Waals surface area contributed by atoms with E-state index in [0.717, 1.165) is 5.76 Å². The van der Waals surface area contributed by atoms with Gasteiger partial charge in [-0.3, -0.25) is 10.1 Å². The Labute approximate surface area is 92.0 Å². The Balaban J connectivity index is 2.19. The van der Waals surface area contributed by atoms with Gasteiger partial charge in [0.05, 0.1) is 6.26 Å². The molecule has 1 aliphatic rings. The molecule has 2 atom stereocenters. The lowest BCUT2D eigenvalue weighted by molar-refractivity contribution is -0.139. The van der Waals surface area contributed by atoms with Crippen molar-refractivity contribution in [3.63, 3.8) is 0 Å². The molecule has 1 fully saturated rings. The number of hydrogen-bond acceptors (Lipinski definition) is 4. The van der Waals surface area contributed by atoms with Gasteiger partial charge in [0, 0.05) is 4.75 Å². The van der Waals surface area contributed by atoms with Crippen molar-refractivity contribution in [1.82, 2.24) is 5.32 Å². The lowest BCUT2D eigenvalue weighted by Gasteiger charge is -2.20. The molecule has 15 heavy (non-hydrogen) atoms. The standard InChI is InChI=1S/C10H13NO3S/c1-10(2)7(9(12)13)11-8(15-10)6-4-3-5-14-6/h3-5,7-8,11H,1-2H3,(H,12,13)/t7-,8?/m0/s1. The van der Waals surface area contributed by atoms with Crippen LogP contribution in [0.15, 0.2) is 22.8 Å². The fourth-order valence-corrected chi connectivity index (χ4v) is 3.07. The van der Waals surface area contributed by atoms with Gasteiger partial charge in [-0.05, 0) is 26.0 Å². The third-order valence-corrected chi connectivity index (χ3v) is 3.93. The van der Waals surface area contributed by atoms with Crippen LogP contribution >= 0.6 is 11.8 Å². The quantitative estimate of drug-likeness (QED) is 0.807. The predicted molar refractivity (Wildman–Crippen MR) is 57.7 cm³/mol. The number of carboxylic acids is 1. The van der Waals surface area contributed by atoms with Crippen LogP contribution in [0, 0.1) is 0 Å². The highest BCUT2D eigenvalue weighted by Crippen LogP contribution is 2.45. The van der Waals surface area contributed by atoms with Crippen LogP contribution in [0.25, 0.3) is 0 Å². The molecule has 1 saturated heterocycles. The molecule has 0 saturated carbocycles. The summed E-state index contributed by atoms with van der Waals surface area (Å²) in [5.41, 5.74) is 0. The van der Waals surface area contributed by atoms with E-state index in [1.807, 2.05) is 19.9 Å². The van der Waals surface area contributed by atoms with Crippen molar-refractivity contribution < 1.29 is 14.3 Å². The van der Waals surface area contributed by atoms with E-state index in [-0.39, 0.29) is 10.1 Å². The highest BCUT2D eigenvalue weighted by atomic mass is 32.2. The van der Waals surface area contributed by atoms with Crippen molar-refractivity contribution in [3.8, 4) is 0 Å². The van der Waals surface area contributed by atoms with E-state index in [4.69, 9.17) is 9.52 Å². The van der Waals surface area contributed by atoms with E-state index in [9.17, 15) is 4.79 Å². The van der Waals surface area contributed by atoms with Crippen molar-refractivity contribution in [2.75, 3.05) is 0 Å². The van der Waals surface area contributed by atoms with Crippen LogP contribution < -0.4 is 5.32 Å². The molecular formula is C10H13NO3S. The summed E-state index contributed by atoms with van der Waals surface area (Å²) in [4.78, 5) is 11.0. The summed E-state index contributed by atoms with van der Waals surface area (Å²) in [6.45, 7) is 3.85. The van der Waals surface area contributed by atoms with Crippen molar-refractivity contribution in [2.45, 2.75) is 30.0 Å². The highest BCUT2D eigenvalue weighted by molar-refractivity contribution is 8.01. The van der Waals surface area contributed by atoms with Gasteiger partial charge in [0.2, 0.25) is 0 Å². The predicted octanol–water partition coefficient (Wildman–Crippen LogP) is 1.85. The van der Waals surface area contributed by atoms with Crippen LogP contribution in [0.3, 0.4) is 0 Å². The minimum absolute atomic E-state index is 0.0731. The zero-order valence-corrected chi connectivity index (χ0v) is 9.38. The molecule has 0 spiro atoms. The second-order valence-corrected chi connectivity index (χ2v) is 5.81. The first-order chi connectivity index (χ1) is 7.00. The molecule has 82 valence electrons. The van der Waals surface area contributed by atoms with Gasteiger partial charge >= 0.3 is 5.97 Å². The average Bonchev–Trinajstić information content (AvgIpc) is 2.69. The lowest BCUT2D eigenvalue weighted by atomic mass is 10.0. The number of furan rings is 1. The molecular weight excluding hydrogens is 214 g/mol. The average molecular weight is 227 g/mol. The molecule has 1 unspecified atom stereocenters. The Kier molecular flexibility index (Phi) is 2.52. The molecule has 0 radical (unpaired) electrons. The molecule has 1 aromatic heterocycles. The summed E-state index contributed by atoms with van der Waals surface area (Å²) >= 11 is 1.58. The molecule has 2 N–H and O–H groups in total. The first kappa shape index (κ1) is 10.6. The van der Waals surface area contributed by atoms with Crippen LogP contribution in [0.4, 0.5) is 0 Å². The Morgan fingerprint density at radius 2 is 2.40 bits per heavy atom. The number of aliphatic carboxylic acids is 1. The smallest absolute Gasteiger partial charge is 0.322 e. The molecule has 4 nitrogen and oxygen atoms in total. The van der Waals surface area contributed by atoms with Crippen molar-refractivity contribution in [1.29, 1.82) is 0 Å². The van der Waals surface area contributed by atoms with Crippen molar-refractivity contribution in [3.05, 3.63) is 24.2 Å². The maximum absolute atomic E-state index is 11.0. The minimum Gasteiger partial charge on any atom is -0.480 e. The zero-order valence-electron chi connectivity index (χ0n) is 8.56. The summed E-state index contributed by atoms with van der Waals surface area (Å²) in [7, 11) is 0. The summed E-state index contributed by atoms with van der Waals surface area (Å²) in [5, 5.41) is 12.0. The molecule has 0 bridgehead atoms. The Bertz CT molecular complexity index is 361. The summed E-state index contributed by atoms with van der Waals surface area (Å²) in [5.74, 6) is -0.0432. The van der Waals surface area contributed by atoms with Crippen LogP contribution in [0.2, 0.25) is 0 Å². The Morgan fingerprint density at radius 3 is 2.87 bits per heavy atom. The summed E-state index contributed by atoms with van der Waals surface area (Å²) < 4.78 is 4.93. The molecule has 0 aliphatic carbocycles. The largest absolute Gasteiger partial charge is 0.480 e. The third kappa shape index (κ3) is 1.89. The van der Waals surface area contributed by atoms with Gasteiger partial charge in [-0.1, -0.05) is 0 Å². The second kappa shape index (κ2) is 3.57. The van der Waals surface area contributed by atoms with Crippen LogP contribution in [-0.4, -0.2) is 21.9 Å². The van der Waals surface area contributed by atoms with Gasteiger partial charge in [-0.15, -0.1) is 11.8 Å². The number of carbonyl (C=O) groups is 1. The molecule has 1 aromatic rings. The van der Waals surface area contributed by atoms with Crippen molar-refractivity contribution >= 4 is 17.7 Å². The molecule has 1 aliphatic heterocycles. The van der Waals surface area contributed by atoms with Gasteiger partial charge in [0.1, 0.15) is 17.2 Å². The number of rotatable bonds is 2. The van der Waals surface area contributed by atoms with E-state index < -0.39 is 12.0 Å². The van der Waals surface area contributed by atoms with Crippen molar-refractivity contribution in [2.24, 2.45) is 0 Å². The normalized spacial score (nSPS) is 29.2. The van der Waals surface area contributed by atoms with E-state index in [0.29, 0.717) is 0 Å². The lowest BCUT2D eigenvalue weighted by Crippen LogP contribution is -2.43. The fraction of sp³-hybridized carbons (Fsp3) is 0.500. The van der Waals surface area contributed by atoms with Gasteiger partial charge in [-0.25, -0.2) is 0 Å². The van der Waals surface area contributed by atoms with Gasteiger partial charge in [-0.2, -0.15) is 0 Å². The maximum atomic E-state index is 11.0. The minimum atomic E-state index is -0.818. The maximum Gasteiger partial charge on any atom is 0.322 e. The van der Waals surface area contributed by atoms with Crippen LogP contribution in [-0.2, 0) is 4.79 Å². The SMILES string of the molecule is CC1(C)SC(c2ccco2)N[C@H]1C(=O)O. The molecule has 5 heteroatoms. The van der Waals surface area contributed by atoms with Gasteiger partial charge in [0.15, 0.2) is 0 Å². The molecule has 0 aromatic carbocycles. The molecule has 2 heterocycles. The second-order valence-electron chi connectivity index (χ2n) is 4.05. The number of hydrogen-bond donors (Lipinski definition) is 2. The summed E-state index contributed by atoms with van der Waals surface area (Å²) in [6.07, 6.45) is 1.60. The Hall–Kier alpha value is -0.940. The number of thioether (sulfide) groups is 1. The van der Waals surface area contributed by atoms with E-state index in [1.165, 1.54) is 0 Å². The number of carboxylic acid groups (broad SMARTS) is 1. The zero-order chi connectivity index (χ0) is 11.1.